The summed E-state index contributed by atoms with van der Waals surface area (Å²) in [7, 11) is 0. The second-order valence-electron chi connectivity index (χ2n) is 4.51. The van der Waals surface area contributed by atoms with Crippen molar-refractivity contribution in [3.63, 3.8) is 0 Å². The molecular formula is C14H17N3OS. The molecule has 0 aliphatic rings. The van der Waals surface area contributed by atoms with Crippen LogP contribution in [0, 0.1) is 6.92 Å². The van der Waals surface area contributed by atoms with Gasteiger partial charge in [-0.15, -0.1) is 11.3 Å². The molecule has 4 nitrogen and oxygen atoms in total. The van der Waals surface area contributed by atoms with Gasteiger partial charge in [0.2, 0.25) is 5.91 Å². The molecule has 2 aromatic rings. The van der Waals surface area contributed by atoms with Crippen LogP contribution >= 0.6 is 11.3 Å². The molecule has 0 aliphatic heterocycles. The number of hydrogen-bond donors (Lipinski definition) is 2. The molecule has 1 atom stereocenters. The van der Waals surface area contributed by atoms with E-state index in [-0.39, 0.29) is 18.4 Å². The van der Waals surface area contributed by atoms with Crippen molar-refractivity contribution >= 4 is 22.9 Å². The number of rotatable bonds is 4. The highest BCUT2D eigenvalue weighted by Gasteiger charge is 2.10. The summed E-state index contributed by atoms with van der Waals surface area (Å²) in [4.78, 5) is 16.3. The molecule has 0 saturated heterocycles. The lowest BCUT2D eigenvalue weighted by atomic mass is 10.2. The van der Waals surface area contributed by atoms with Gasteiger partial charge >= 0.3 is 0 Å². The third kappa shape index (κ3) is 3.62. The van der Waals surface area contributed by atoms with Gasteiger partial charge in [-0.3, -0.25) is 4.79 Å². The number of aryl methyl sites for hydroxylation is 1. The topological polar surface area (TPSA) is 68.0 Å². The highest BCUT2D eigenvalue weighted by Crippen LogP contribution is 2.17. The van der Waals surface area contributed by atoms with Crippen LogP contribution < -0.4 is 11.1 Å². The number of nitrogens with one attached hydrogen (secondary N) is 1. The number of carbonyl (C=O) groups is 1. The van der Waals surface area contributed by atoms with Crippen molar-refractivity contribution in [2.75, 3.05) is 5.32 Å². The van der Waals surface area contributed by atoms with E-state index in [0.29, 0.717) is 0 Å². The van der Waals surface area contributed by atoms with Gasteiger partial charge in [-0.2, -0.15) is 0 Å². The lowest BCUT2D eigenvalue weighted by Crippen LogP contribution is -2.15. The number of carbonyl (C=O) groups excluding carboxylic acids is 1. The van der Waals surface area contributed by atoms with E-state index < -0.39 is 0 Å². The summed E-state index contributed by atoms with van der Waals surface area (Å²) in [6.45, 7) is 3.85. The number of nitrogens with zero attached hydrogens (tertiary/aromatic N) is 1. The third-order valence-electron chi connectivity index (χ3n) is 2.72. The second kappa shape index (κ2) is 5.95. The molecule has 1 aromatic heterocycles. The first-order valence-electron chi connectivity index (χ1n) is 6.11. The van der Waals surface area contributed by atoms with E-state index in [0.717, 1.165) is 22.0 Å². The minimum absolute atomic E-state index is 0.0594. The Morgan fingerprint density at radius 2 is 2.21 bits per heavy atom. The van der Waals surface area contributed by atoms with Gasteiger partial charge in [-0.05, 0) is 25.5 Å². The molecule has 3 N–H and O–H groups in total. The molecule has 0 aliphatic carbocycles. The maximum atomic E-state index is 11.9. The number of aromatic nitrogens is 1. The van der Waals surface area contributed by atoms with E-state index in [9.17, 15) is 4.79 Å². The average molecular weight is 275 g/mol. The molecular weight excluding hydrogens is 258 g/mol. The molecule has 0 radical (unpaired) electrons. The number of hydrogen-bond acceptors (Lipinski definition) is 4. The zero-order chi connectivity index (χ0) is 13.8. The SMILES string of the molecule is Cc1ccccc1NC(=O)Cc1csc(C(C)N)n1. The van der Waals surface area contributed by atoms with Crippen molar-refractivity contribution in [1.29, 1.82) is 0 Å². The van der Waals surface area contributed by atoms with Gasteiger partial charge < -0.3 is 11.1 Å². The summed E-state index contributed by atoms with van der Waals surface area (Å²) in [6, 6.07) is 7.62. The first-order chi connectivity index (χ1) is 9.06. The van der Waals surface area contributed by atoms with Crippen LogP contribution in [0.3, 0.4) is 0 Å². The standard InChI is InChI=1S/C14H17N3OS/c1-9-5-3-4-6-12(9)17-13(18)7-11-8-19-14(16-11)10(2)15/h3-6,8,10H,7,15H2,1-2H3,(H,17,18). The Kier molecular flexibility index (Phi) is 4.29. The lowest BCUT2D eigenvalue weighted by molar-refractivity contribution is -0.115. The molecule has 0 saturated carbocycles. The predicted octanol–water partition coefficient (Wildman–Crippen LogP) is 2.65. The summed E-state index contributed by atoms with van der Waals surface area (Å²) in [6.07, 6.45) is 0.275. The van der Waals surface area contributed by atoms with Crippen molar-refractivity contribution in [2.45, 2.75) is 26.3 Å². The van der Waals surface area contributed by atoms with Crippen molar-refractivity contribution < 1.29 is 4.79 Å². The Morgan fingerprint density at radius 1 is 1.47 bits per heavy atom. The Morgan fingerprint density at radius 3 is 2.84 bits per heavy atom. The number of benzene rings is 1. The maximum absolute atomic E-state index is 11.9. The van der Waals surface area contributed by atoms with Crippen molar-refractivity contribution in [3.8, 4) is 0 Å². The van der Waals surface area contributed by atoms with E-state index in [1.165, 1.54) is 11.3 Å². The van der Waals surface area contributed by atoms with E-state index in [1.807, 2.05) is 43.5 Å². The first-order valence-corrected chi connectivity index (χ1v) is 6.99. The van der Waals surface area contributed by atoms with Gasteiger partial charge in [0.05, 0.1) is 18.2 Å². The molecule has 1 amide bonds. The van der Waals surface area contributed by atoms with Crippen LogP contribution in [0.15, 0.2) is 29.6 Å². The second-order valence-corrected chi connectivity index (χ2v) is 5.40. The lowest BCUT2D eigenvalue weighted by Gasteiger charge is -2.06. The summed E-state index contributed by atoms with van der Waals surface area (Å²) >= 11 is 1.49. The number of thiazole rings is 1. The van der Waals surface area contributed by atoms with E-state index >= 15 is 0 Å². The van der Waals surface area contributed by atoms with Gasteiger partial charge in [0.15, 0.2) is 0 Å². The van der Waals surface area contributed by atoms with E-state index in [1.54, 1.807) is 0 Å². The Bertz CT molecular complexity index is 578. The minimum Gasteiger partial charge on any atom is -0.326 e. The van der Waals surface area contributed by atoms with Crippen LogP contribution in [-0.2, 0) is 11.2 Å². The van der Waals surface area contributed by atoms with Crippen LogP contribution in [0.5, 0.6) is 0 Å². The fourth-order valence-corrected chi connectivity index (χ4v) is 2.46. The molecule has 19 heavy (non-hydrogen) atoms. The molecule has 1 unspecified atom stereocenters. The quantitative estimate of drug-likeness (QED) is 0.901. The first kappa shape index (κ1) is 13.7. The highest BCUT2D eigenvalue weighted by atomic mass is 32.1. The number of nitrogens with two attached hydrogens (primary N) is 1. The van der Waals surface area contributed by atoms with Crippen LogP contribution in [0.25, 0.3) is 0 Å². The molecule has 5 heteroatoms. The third-order valence-corrected chi connectivity index (χ3v) is 3.81. The molecule has 100 valence electrons. The minimum atomic E-state index is -0.0850. The fourth-order valence-electron chi connectivity index (χ4n) is 1.69. The summed E-state index contributed by atoms with van der Waals surface area (Å²) in [5.41, 5.74) is 8.41. The van der Waals surface area contributed by atoms with Gasteiger partial charge in [0.1, 0.15) is 5.01 Å². The molecule has 0 bridgehead atoms. The number of anilines is 1. The van der Waals surface area contributed by atoms with Crippen molar-refractivity contribution in [3.05, 3.63) is 45.9 Å². The zero-order valence-corrected chi connectivity index (χ0v) is 11.8. The Labute approximate surface area is 116 Å². The molecule has 1 aromatic carbocycles. The predicted molar refractivity (Wildman–Crippen MR) is 78.2 cm³/mol. The maximum Gasteiger partial charge on any atom is 0.230 e. The Hall–Kier alpha value is -1.72. The van der Waals surface area contributed by atoms with Gasteiger partial charge in [-0.1, -0.05) is 18.2 Å². The average Bonchev–Trinajstić information content (AvgIpc) is 2.80. The number of para-hydroxylation sites is 1. The zero-order valence-electron chi connectivity index (χ0n) is 11.0. The van der Waals surface area contributed by atoms with Gasteiger partial charge in [0, 0.05) is 11.1 Å². The van der Waals surface area contributed by atoms with Crippen LogP contribution in [-0.4, -0.2) is 10.9 Å². The molecule has 0 fully saturated rings. The van der Waals surface area contributed by atoms with Crippen molar-refractivity contribution in [1.82, 2.24) is 4.98 Å². The van der Waals surface area contributed by atoms with Crippen LogP contribution in [0.1, 0.15) is 29.2 Å². The molecule has 0 spiro atoms. The van der Waals surface area contributed by atoms with Gasteiger partial charge in [0.25, 0.3) is 0 Å². The van der Waals surface area contributed by atoms with Crippen LogP contribution in [0.2, 0.25) is 0 Å². The van der Waals surface area contributed by atoms with Gasteiger partial charge in [-0.25, -0.2) is 4.98 Å². The number of amides is 1. The molecule has 1 heterocycles. The smallest absolute Gasteiger partial charge is 0.230 e. The molecule has 2 rings (SSSR count). The summed E-state index contributed by atoms with van der Waals surface area (Å²) in [5.74, 6) is -0.0594. The monoisotopic (exact) mass is 275 g/mol. The largest absolute Gasteiger partial charge is 0.326 e. The van der Waals surface area contributed by atoms with Crippen molar-refractivity contribution in [2.24, 2.45) is 5.73 Å². The van der Waals surface area contributed by atoms with E-state index in [2.05, 4.69) is 10.3 Å². The summed E-state index contributed by atoms with van der Waals surface area (Å²) in [5, 5.41) is 5.64. The summed E-state index contributed by atoms with van der Waals surface area (Å²) < 4.78 is 0. The van der Waals surface area contributed by atoms with Crippen LogP contribution in [0.4, 0.5) is 5.69 Å². The normalized spacial score (nSPS) is 12.2. The fraction of sp³-hybridized carbons (Fsp3) is 0.286. The highest BCUT2D eigenvalue weighted by molar-refractivity contribution is 7.09. The van der Waals surface area contributed by atoms with E-state index in [4.69, 9.17) is 5.73 Å². The Balaban J connectivity index is 1.99.